The molecule has 7 nitrogen and oxygen atoms in total. The number of nitrogens with one attached hydrogen (secondary N) is 1. The van der Waals surface area contributed by atoms with Crippen molar-refractivity contribution < 1.29 is 18.0 Å². The van der Waals surface area contributed by atoms with E-state index in [2.05, 4.69) is 21.2 Å². The molecule has 2 aromatic carbocycles. The van der Waals surface area contributed by atoms with Crippen LogP contribution in [0, 0.1) is 6.92 Å². The highest BCUT2D eigenvalue weighted by molar-refractivity contribution is 9.10. The van der Waals surface area contributed by atoms with Gasteiger partial charge in [-0.15, -0.1) is 0 Å². The van der Waals surface area contributed by atoms with Gasteiger partial charge in [0, 0.05) is 21.6 Å². The first kappa shape index (κ1) is 28.1. The van der Waals surface area contributed by atoms with Crippen molar-refractivity contribution in [1.29, 1.82) is 0 Å². The zero-order chi connectivity index (χ0) is 25.8. The summed E-state index contributed by atoms with van der Waals surface area (Å²) < 4.78 is 27.1. The van der Waals surface area contributed by atoms with Crippen molar-refractivity contribution in [3.63, 3.8) is 0 Å². The largest absolute Gasteiger partial charge is 0.350 e. The lowest BCUT2D eigenvalue weighted by Gasteiger charge is -2.33. The van der Waals surface area contributed by atoms with Crippen LogP contribution in [0.5, 0.6) is 0 Å². The van der Waals surface area contributed by atoms with Crippen LogP contribution < -0.4 is 9.62 Å². The molecule has 0 saturated heterocycles. The first-order chi connectivity index (χ1) is 15.6. The average molecular weight is 573 g/mol. The molecule has 1 unspecified atom stereocenters. The molecule has 0 aromatic heterocycles. The summed E-state index contributed by atoms with van der Waals surface area (Å²) in [6.45, 7) is 8.66. The predicted octanol–water partition coefficient (Wildman–Crippen LogP) is 4.51. The molecule has 0 spiro atoms. The Bertz CT molecular complexity index is 1150. The van der Waals surface area contributed by atoms with E-state index in [0.29, 0.717) is 5.02 Å². The van der Waals surface area contributed by atoms with Gasteiger partial charge in [0.1, 0.15) is 12.6 Å². The topological polar surface area (TPSA) is 86.8 Å². The van der Waals surface area contributed by atoms with E-state index in [1.54, 1.807) is 26.0 Å². The summed E-state index contributed by atoms with van der Waals surface area (Å²) >= 11 is 9.60. The van der Waals surface area contributed by atoms with Crippen molar-refractivity contribution in [2.45, 2.75) is 52.7 Å². The van der Waals surface area contributed by atoms with E-state index in [-0.39, 0.29) is 18.1 Å². The van der Waals surface area contributed by atoms with Crippen LogP contribution in [0.3, 0.4) is 0 Å². The highest BCUT2D eigenvalue weighted by atomic mass is 79.9. The molecule has 34 heavy (non-hydrogen) atoms. The monoisotopic (exact) mass is 571 g/mol. The molecule has 0 saturated carbocycles. The number of aryl methyl sites for hydroxylation is 1. The minimum atomic E-state index is -3.81. The molecule has 10 heteroatoms. The molecule has 0 aliphatic carbocycles. The second kappa shape index (κ2) is 11.1. The van der Waals surface area contributed by atoms with Crippen LogP contribution in [-0.2, 0) is 26.2 Å². The van der Waals surface area contributed by atoms with E-state index in [1.165, 1.54) is 11.0 Å². The Labute approximate surface area is 215 Å². The van der Waals surface area contributed by atoms with Gasteiger partial charge in [-0.3, -0.25) is 13.9 Å². The maximum Gasteiger partial charge on any atom is 0.244 e. The lowest BCUT2D eigenvalue weighted by atomic mass is 10.1. The van der Waals surface area contributed by atoms with E-state index in [0.717, 1.165) is 26.2 Å². The number of carbonyl (C=O) groups is 2. The molecule has 0 radical (unpaired) electrons. The first-order valence-corrected chi connectivity index (χ1v) is 13.7. The van der Waals surface area contributed by atoms with Crippen LogP contribution >= 0.6 is 27.5 Å². The van der Waals surface area contributed by atoms with Gasteiger partial charge in [0.2, 0.25) is 21.8 Å². The van der Waals surface area contributed by atoms with Crippen molar-refractivity contribution in [3.05, 3.63) is 63.1 Å². The van der Waals surface area contributed by atoms with Gasteiger partial charge in [-0.1, -0.05) is 45.7 Å². The first-order valence-electron chi connectivity index (χ1n) is 10.7. The summed E-state index contributed by atoms with van der Waals surface area (Å²) in [5, 5.41) is 3.28. The average Bonchev–Trinajstić information content (AvgIpc) is 2.71. The Balaban J connectivity index is 2.41. The summed E-state index contributed by atoms with van der Waals surface area (Å²) in [6.07, 6.45) is 1.03. The van der Waals surface area contributed by atoms with Gasteiger partial charge in [0.25, 0.3) is 0 Å². The number of rotatable bonds is 8. The number of hydrogen-bond acceptors (Lipinski definition) is 4. The van der Waals surface area contributed by atoms with Gasteiger partial charge in [-0.05, 0) is 70.0 Å². The molecule has 2 aromatic rings. The fourth-order valence-electron chi connectivity index (χ4n) is 3.19. The number of hydrogen-bond donors (Lipinski definition) is 1. The van der Waals surface area contributed by atoms with Crippen LogP contribution in [0.15, 0.2) is 46.9 Å². The van der Waals surface area contributed by atoms with Crippen molar-refractivity contribution >= 4 is 55.1 Å². The fourth-order valence-corrected chi connectivity index (χ4v) is 4.47. The van der Waals surface area contributed by atoms with E-state index in [4.69, 9.17) is 11.6 Å². The Morgan fingerprint density at radius 1 is 1.12 bits per heavy atom. The predicted molar refractivity (Wildman–Crippen MR) is 140 cm³/mol. The molecule has 186 valence electrons. The number of nitrogens with zero attached hydrogens (tertiary/aromatic N) is 2. The molecular weight excluding hydrogens is 542 g/mol. The maximum absolute atomic E-state index is 13.5. The highest BCUT2D eigenvalue weighted by Gasteiger charge is 2.31. The molecular formula is C24H31BrClN3O4S. The van der Waals surface area contributed by atoms with E-state index < -0.39 is 34.1 Å². The number of carbonyl (C=O) groups excluding carboxylic acids is 2. The quantitative estimate of drug-likeness (QED) is 0.504. The molecule has 1 N–H and O–H groups in total. The van der Waals surface area contributed by atoms with Crippen LogP contribution in [0.1, 0.15) is 38.8 Å². The van der Waals surface area contributed by atoms with Gasteiger partial charge in [-0.25, -0.2) is 8.42 Å². The van der Waals surface area contributed by atoms with Gasteiger partial charge in [0.15, 0.2) is 0 Å². The Morgan fingerprint density at radius 2 is 1.71 bits per heavy atom. The molecule has 2 amide bonds. The summed E-state index contributed by atoms with van der Waals surface area (Å²) in [6, 6.07) is 11.3. The Kier molecular flexibility index (Phi) is 9.18. The van der Waals surface area contributed by atoms with Crippen LogP contribution in [0.25, 0.3) is 0 Å². The second-order valence-corrected chi connectivity index (χ2v) is 12.5. The standard InChI is InChI=1S/C24H31BrClN3O4S/c1-16-7-12-20(13-21(16)26)29(34(6,32)33)15-22(30)28(14-18-8-10-19(25)11-9-18)17(2)23(31)27-24(3,4)5/h7-13,17H,14-15H2,1-6H3,(H,27,31). The Morgan fingerprint density at radius 3 is 2.21 bits per heavy atom. The molecule has 0 fully saturated rings. The lowest BCUT2D eigenvalue weighted by molar-refractivity contribution is -0.140. The molecule has 0 aliphatic heterocycles. The number of benzene rings is 2. The zero-order valence-electron chi connectivity index (χ0n) is 20.2. The van der Waals surface area contributed by atoms with E-state index >= 15 is 0 Å². The molecule has 0 aliphatic rings. The lowest BCUT2D eigenvalue weighted by Crippen LogP contribution is -2.54. The maximum atomic E-state index is 13.5. The van der Waals surface area contributed by atoms with Crippen molar-refractivity contribution in [1.82, 2.24) is 10.2 Å². The van der Waals surface area contributed by atoms with Crippen molar-refractivity contribution in [2.75, 3.05) is 17.1 Å². The second-order valence-electron chi connectivity index (χ2n) is 9.27. The minimum Gasteiger partial charge on any atom is -0.350 e. The molecule has 2 rings (SSSR count). The van der Waals surface area contributed by atoms with Crippen LogP contribution in [0.2, 0.25) is 5.02 Å². The van der Waals surface area contributed by atoms with Crippen molar-refractivity contribution in [2.24, 2.45) is 0 Å². The van der Waals surface area contributed by atoms with E-state index in [1.807, 2.05) is 45.0 Å². The summed E-state index contributed by atoms with van der Waals surface area (Å²) in [5.41, 5.74) is 1.38. The van der Waals surface area contributed by atoms with Crippen LogP contribution in [-0.4, -0.2) is 49.5 Å². The summed E-state index contributed by atoms with van der Waals surface area (Å²) in [7, 11) is -3.81. The SMILES string of the molecule is Cc1ccc(N(CC(=O)N(Cc2ccc(Br)cc2)C(C)C(=O)NC(C)(C)C)S(C)(=O)=O)cc1Cl. The highest BCUT2D eigenvalue weighted by Crippen LogP contribution is 2.25. The fraction of sp³-hybridized carbons (Fsp3) is 0.417. The van der Waals surface area contributed by atoms with Gasteiger partial charge in [-0.2, -0.15) is 0 Å². The zero-order valence-corrected chi connectivity index (χ0v) is 23.4. The summed E-state index contributed by atoms with van der Waals surface area (Å²) in [5.74, 6) is -0.844. The van der Waals surface area contributed by atoms with Crippen LogP contribution in [0.4, 0.5) is 5.69 Å². The van der Waals surface area contributed by atoms with Gasteiger partial charge < -0.3 is 10.2 Å². The third-order valence-electron chi connectivity index (χ3n) is 5.05. The van der Waals surface area contributed by atoms with Gasteiger partial charge >= 0.3 is 0 Å². The number of anilines is 1. The summed E-state index contributed by atoms with van der Waals surface area (Å²) in [4.78, 5) is 27.8. The molecule has 1 atom stereocenters. The van der Waals surface area contributed by atoms with Gasteiger partial charge in [0.05, 0.1) is 11.9 Å². The normalized spacial score (nSPS) is 12.7. The number of sulfonamides is 1. The third kappa shape index (κ3) is 7.99. The van der Waals surface area contributed by atoms with Crippen molar-refractivity contribution in [3.8, 4) is 0 Å². The number of amides is 2. The number of halogens is 2. The Hall–Kier alpha value is -2.10. The molecule has 0 heterocycles. The minimum absolute atomic E-state index is 0.136. The molecule has 0 bridgehead atoms. The van der Waals surface area contributed by atoms with E-state index in [9.17, 15) is 18.0 Å². The third-order valence-corrected chi connectivity index (χ3v) is 7.13. The smallest absolute Gasteiger partial charge is 0.244 e.